The topological polar surface area (TPSA) is 28.1 Å². The van der Waals surface area contributed by atoms with Gasteiger partial charge in [0.15, 0.2) is 0 Å². The quantitative estimate of drug-likeness (QED) is 0.578. The van der Waals surface area contributed by atoms with Crippen molar-refractivity contribution < 1.29 is 0 Å². The zero-order valence-corrected chi connectivity index (χ0v) is 13.3. The Morgan fingerprint density at radius 1 is 0.913 bits per heavy atom. The lowest BCUT2D eigenvalue weighted by Crippen LogP contribution is -2.04. The summed E-state index contributed by atoms with van der Waals surface area (Å²) in [4.78, 5) is 8.28. The fourth-order valence-corrected chi connectivity index (χ4v) is 3.60. The normalized spacial score (nSPS) is 16.3. The number of aromatic nitrogens is 1. The van der Waals surface area contributed by atoms with E-state index in [1.54, 1.807) is 0 Å². The number of rotatable bonds is 3. The minimum atomic E-state index is 0.704. The van der Waals surface area contributed by atoms with Crippen LogP contribution in [-0.2, 0) is 0 Å². The Kier molecular flexibility index (Phi) is 3.97. The average Bonchev–Trinajstić information content (AvgIpc) is 3.06. The van der Waals surface area contributed by atoms with Crippen molar-refractivity contribution in [3.63, 3.8) is 0 Å². The van der Waals surface area contributed by atoms with Crippen LogP contribution in [0.25, 0.3) is 10.9 Å². The first-order valence-electron chi connectivity index (χ1n) is 8.61. The van der Waals surface area contributed by atoms with Gasteiger partial charge in [0.05, 0.1) is 11.2 Å². The number of fused-ring (bicyclic) bond motifs is 1. The molecule has 0 saturated heterocycles. The molecular weight excluding hydrogens is 280 g/mol. The maximum Gasteiger partial charge on any atom is 0.0629 e. The molecule has 0 bridgehead atoms. The van der Waals surface area contributed by atoms with E-state index in [1.165, 1.54) is 48.7 Å². The number of hydrogen-bond acceptors (Lipinski definition) is 1. The number of hydrogen-bond donors (Lipinski definition) is 1. The number of nitrogens with zero attached hydrogens (tertiary/aromatic N) is 1. The van der Waals surface area contributed by atoms with Crippen molar-refractivity contribution in [1.82, 2.24) is 4.98 Å². The average molecular weight is 302 g/mol. The molecule has 2 heteroatoms. The van der Waals surface area contributed by atoms with Gasteiger partial charge in [-0.3, -0.25) is 4.99 Å². The van der Waals surface area contributed by atoms with E-state index in [4.69, 9.17) is 0 Å². The standard InChI is InChI=1S/C21H22N2/c1-3-8-16(9-4-1)20-14-17-10-7-11-18(21(17)23-20)15-22-19-12-5-2-6-13-19/h2,5-7,10-16,23H,1,3-4,8-9H2/b22-15+. The van der Waals surface area contributed by atoms with Crippen LogP contribution in [0, 0.1) is 0 Å². The van der Waals surface area contributed by atoms with Gasteiger partial charge in [0.2, 0.25) is 0 Å². The third kappa shape index (κ3) is 3.07. The Balaban J connectivity index is 1.67. The molecule has 0 unspecified atom stereocenters. The highest BCUT2D eigenvalue weighted by molar-refractivity contribution is 5.99. The van der Waals surface area contributed by atoms with Gasteiger partial charge in [-0.25, -0.2) is 0 Å². The first-order valence-corrected chi connectivity index (χ1v) is 8.61. The summed E-state index contributed by atoms with van der Waals surface area (Å²) in [5, 5.41) is 1.29. The molecule has 0 spiro atoms. The minimum Gasteiger partial charge on any atom is -0.358 e. The summed E-state index contributed by atoms with van der Waals surface area (Å²) in [7, 11) is 0. The number of aromatic amines is 1. The fraction of sp³-hybridized carbons (Fsp3) is 0.286. The number of benzene rings is 2. The third-order valence-electron chi connectivity index (χ3n) is 4.86. The van der Waals surface area contributed by atoms with Crippen molar-refractivity contribution in [1.29, 1.82) is 0 Å². The van der Waals surface area contributed by atoms with Gasteiger partial charge in [0, 0.05) is 22.9 Å². The van der Waals surface area contributed by atoms with Crippen molar-refractivity contribution in [3.05, 3.63) is 65.9 Å². The van der Waals surface area contributed by atoms with Crippen molar-refractivity contribution in [2.75, 3.05) is 0 Å². The van der Waals surface area contributed by atoms with E-state index in [9.17, 15) is 0 Å². The number of aliphatic imine (C=N–C) groups is 1. The number of para-hydroxylation sites is 2. The van der Waals surface area contributed by atoms with Gasteiger partial charge in [-0.15, -0.1) is 0 Å². The molecule has 1 fully saturated rings. The van der Waals surface area contributed by atoms with Gasteiger partial charge in [-0.1, -0.05) is 55.7 Å². The van der Waals surface area contributed by atoms with E-state index in [0.717, 1.165) is 11.3 Å². The van der Waals surface area contributed by atoms with Crippen molar-refractivity contribution >= 4 is 22.8 Å². The van der Waals surface area contributed by atoms with E-state index in [-0.39, 0.29) is 0 Å². The highest BCUT2D eigenvalue weighted by Crippen LogP contribution is 2.34. The van der Waals surface area contributed by atoms with Crippen LogP contribution in [-0.4, -0.2) is 11.2 Å². The van der Waals surface area contributed by atoms with E-state index in [2.05, 4.69) is 34.2 Å². The van der Waals surface area contributed by atoms with Crippen molar-refractivity contribution in [3.8, 4) is 0 Å². The number of nitrogens with one attached hydrogen (secondary N) is 1. The predicted octanol–water partition coefficient (Wildman–Crippen LogP) is 5.97. The van der Waals surface area contributed by atoms with E-state index in [0.29, 0.717) is 5.92 Å². The Bertz CT molecular complexity index is 808. The second-order valence-corrected chi connectivity index (χ2v) is 6.46. The molecule has 23 heavy (non-hydrogen) atoms. The van der Waals surface area contributed by atoms with Crippen LogP contribution in [0.2, 0.25) is 0 Å². The molecular formula is C21H22N2. The Morgan fingerprint density at radius 3 is 2.57 bits per heavy atom. The lowest BCUT2D eigenvalue weighted by atomic mass is 9.87. The summed E-state index contributed by atoms with van der Waals surface area (Å²) in [6, 6.07) is 18.9. The summed E-state index contributed by atoms with van der Waals surface area (Å²) >= 11 is 0. The highest BCUT2D eigenvalue weighted by atomic mass is 14.7. The molecule has 0 amide bonds. The zero-order valence-electron chi connectivity index (χ0n) is 13.3. The molecule has 2 nitrogen and oxygen atoms in total. The van der Waals surface area contributed by atoms with E-state index in [1.807, 2.05) is 36.5 Å². The molecule has 0 aliphatic heterocycles. The molecule has 0 atom stereocenters. The van der Waals surface area contributed by atoms with E-state index < -0.39 is 0 Å². The van der Waals surface area contributed by atoms with Crippen LogP contribution < -0.4 is 0 Å². The molecule has 2 aromatic carbocycles. The Hall–Kier alpha value is -2.35. The first-order chi connectivity index (χ1) is 11.4. The monoisotopic (exact) mass is 302 g/mol. The summed E-state index contributed by atoms with van der Waals surface area (Å²) in [6.07, 6.45) is 8.73. The first kappa shape index (κ1) is 14.3. The maximum atomic E-state index is 4.60. The molecule has 0 radical (unpaired) electrons. The predicted molar refractivity (Wildman–Crippen MR) is 97.8 cm³/mol. The summed E-state index contributed by atoms with van der Waals surface area (Å²) in [6.45, 7) is 0. The van der Waals surface area contributed by atoms with Gasteiger partial charge in [0.25, 0.3) is 0 Å². The SMILES string of the molecule is C(=N\c1ccccc1)/c1cccc2cc(C3CCCCC3)[nH]c12. The summed E-state index contributed by atoms with van der Waals surface area (Å²) in [5.41, 5.74) is 4.77. The smallest absolute Gasteiger partial charge is 0.0629 e. The minimum absolute atomic E-state index is 0.704. The van der Waals surface area contributed by atoms with Crippen molar-refractivity contribution in [2.24, 2.45) is 4.99 Å². The molecule has 1 aliphatic carbocycles. The van der Waals surface area contributed by atoms with Crippen LogP contribution in [0.1, 0.15) is 49.3 Å². The van der Waals surface area contributed by atoms with Crippen LogP contribution in [0.3, 0.4) is 0 Å². The second kappa shape index (κ2) is 6.41. The van der Waals surface area contributed by atoms with Gasteiger partial charge in [-0.2, -0.15) is 0 Å². The lowest BCUT2D eigenvalue weighted by Gasteiger charge is -2.20. The zero-order chi connectivity index (χ0) is 15.5. The highest BCUT2D eigenvalue weighted by Gasteiger charge is 2.17. The van der Waals surface area contributed by atoms with Gasteiger partial charge < -0.3 is 4.98 Å². The molecule has 1 saturated carbocycles. The van der Waals surface area contributed by atoms with Crippen LogP contribution in [0.4, 0.5) is 5.69 Å². The van der Waals surface area contributed by atoms with Crippen LogP contribution in [0.15, 0.2) is 59.6 Å². The summed E-state index contributed by atoms with van der Waals surface area (Å²) < 4.78 is 0. The summed E-state index contributed by atoms with van der Waals surface area (Å²) in [5.74, 6) is 0.704. The van der Waals surface area contributed by atoms with Crippen molar-refractivity contribution in [2.45, 2.75) is 38.0 Å². The van der Waals surface area contributed by atoms with Gasteiger partial charge in [0.1, 0.15) is 0 Å². The Labute approximate surface area is 137 Å². The molecule has 116 valence electrons. The Morgan fingerprint density at radius 2 is 1.74 bits per heavy atom. The van der Waals surface area contributed by atoms with Gasteiger partial charge >= 0.3 is 0 Å². The van der Waals surface area contributed by atoms with E-state index >= 15 is 0 Å². The fourth-order valence-electron chi connectivity index (χ4n) is 3.60. The molecule has 1 aromatic heterocycles. The maximum absolute atomic E-state index is 4.60. The molecule has 4 rings (SSSR count). The number of H-pyrrole nitrogens is 1. The third-order valence-corrected chi connectivity index (χ3v) is 4.86. The van der Waals surface area contributed by atoms with Crippen LogP contribution >= 0.6 is 0 Å². The largest absolute Gasteiger partial charge is 0.358 e. The molecule has 1 aliphatic rings. The second-order valence-electron chi connectivity index (χ2n) is 6.46. The lowest BCUT2D eigenvalue weighted by molar-refractivity contribution is 0.438. The molecule has 1 N–H and O–H groups in total. The van der Waals surface area contributed by atoms with Crippen LogP contribution in [0.5, 0.6) is 0 Å². The van der Waals surface area contributed by atoms with Gasteiger partial charge in [-0.05, 0) is 37.0 Å². The molecule has 1 heterocycles. The molecule has 3 aromatic rings.